The molecule has 0 atom stereocenters. The quantitative estimate of drug-likeness (QED) is 0.755. The van der Waals surface area contributed by atoms with Gasteiger partial charge in [0, 0.05) is 24.3 Å². The van der Waals surface area contributed by atoms with Crippen molar-refractivity contribution in [3.8, 4) is 0 Å². The highest BCUT2D eigenvalue weighted by molar-refractivity contribution is 6.34. The molecule has 3 rings (SSSR count). The van der Waals surface area contributed by atoms with Gasteiger partial charge >= 0.3 is 5.63 Å². The number of nitrogens with one attached hydrogen (secondary N) is 1. The third kappa shape index (κ3) is 2.84. The van der Waals surface area contributed by atoms with Crippen LogP contribution in [0.5, 0.6) is 0 Å². The molecular weight excluding hydrogens is 304 g/mol. The maximum Gasteiger partial charge on any atom is 0.349 e. The van der Waals surface area contributed by atoms with E-state index in [1.807, 2.05) is 0 Å². The maximum atomic E-state index is 12.1. The number of pyridine rings is 1. The van der Waals surface area contributed by atoms with E-state index < -0.39 is 11.5 Å². The van der Waals surface area contributed by atoms with Gasteiger partial charge < -0.3 is 9.73 Å². The summed E-state index contributed by atoms with van der Waals surface area (Å²) in [6.45, 7) is 0.300. The summed E-state index contributed by atoms with van der Waals surface area (Å²) in [5, 5.41) is 3.61. The van der Waals surface area contributed by atoms with Crippen molar-refractivity contribution in [2.75, 3.05) is 0 Å². The fraction of sp³-hybridized carbons (Fsp3) is 0.0625. The first-order valence-electron chi connectivity index (χ1n) is 6.54. The van der Waals surface area contributed by atoms with Gasteiger partial charge in [0.1, 0.15) is 5.56 Å². The van der Waals surface area contributed by atoms with Crippen molar-refractivity contribution in [2.24, 2.45) is 0 Å². The summed E-state index contributed by atoms with van der Waals surface area (Å²) >= 11 is 5.96. The zero-order valence-corrected chi connectivity index (χ0v) is 12.1. The minimum absolute atomic E-state index is 0.0520. The predicted octanol–water partition coefficient (Wildman–Crippen LogP) is 2.77. The van der Waals surface area contributed by atoms with Crippen molar-refractivity contribution in [2.45, 2.75) is 6.54 Å². The van der Waals surface area contributed by atoms with Gasteiger partial charge in [-0.1, -0.05) is 23.7 Å². The highest BCUT2D eigenvalue weighted by Crippen LogP contribution is 2.22. The van der Waals surface area contributed by atoms with Crippen LogP contribution in [0.3, 0.4) is 0 Å². The molecule has 0 unspecified atom stereocenters. The predicted molar refractivity (Wildman–Crippen MR) is 82.9 cm³/mol. The summed E-state index contributed by atoms with van der Waals surface area (Å²) in [6.07, 6.45) is 3.27. The molecule has 0 aliphatic carbocycles. The van der Waals surface area contributed by atoms with Crippen LogP contribution in [0.2, 0.25) is 5.02 Å². The van der Waals surface area contributed by atoms with Crippen LogP contribution >= 0.6 is 11.6 Å². The van der Waals surface area contributed by atoms with E-state index in [4.69, 9.17) is 16.0 Å². The molecule has 5 nitrogen and oxygen atoms in total. The van der Waals surface area contributed by atoms with Crippen LogP contribution in [0, 0.1) is 0 Å². The summed E-state index contributed by atoms with van der Waals surface area (Å²) in [5.74, 6) is -0.493. The number of benzene rings is 1. The summed E-state index contributed by atoms with van der Waals surface area (Å²) in [7, 11) is 0. The van der Waals surface area contributed by atoms with E-state index in [9.17, 15) is 9.59 Å². The molecule has 0 aliphatic rings. The average Bonchev–Trinajstić information content (AvgIpc) is 2.54. The van der Waals surface area contributed by atoms with E-state index in [1.54, 1.807) is 42.7 Å². The Morgan fingerprint density at radius 3 is 2.77 bits per heavy atom. The largest absolute Gasteiger partial charge is 0.421 e. The lowest BCUT2D eigenvalue weighted by Crippen LogP contribution is -2.27. The van der Waals surface area contributed by atoms with Crippen LogP contribution in [-0.4, -0.2) is 10.9 Å². The van der Waals surface area contributed by atoms with E-state index in [2.05, 4.69) is 10.3 Å². The third-order valence-electron chi connectivity index (χ3n) is 3.16. The molecule has 0 fully saturated rings. The molecular formula is C16H11ClN2O3. The van der Waals surface area contributed by atoms with Crippen LogP contribution in [0.4, 0.5) is 0 Å². The lowest BCUT2D eigenvalue weighted by Gasteiger charge is -2.05. The van der Waals surface area contributed by atoms with Gasteiger partial charge in [-0.3, -0.25) is 9.78 Å². The second-order valence-corrected chi connectivity index (χ2v) is 5.05. The summed E-state index contributed by atoms with van der Waals surface area (Å²) in [5.41, 5.74) is 0.396. The SMILES string of the molecule is O=C(NCc1ccncc1)c1cc2cccc(Cl)c2oc1=O. The molecule has 0 spiro atoms. The van der Waals surface area contributed by atoms with E-state index in [1.165, 1.54) is 6.07 Å². The topological polar surface area (TPSA) is 72.2 Å². The zero-order chi connectivity index (χ0) is 15.5. The fourth-order valence-corrected chi connectivity index (χ4v) is 2.27. The number of hydrogen-bond acceptors (Lipinski definition) is 4. The highest BCUT2D eigenvalue weighted by Gasteiger charge is 2.14. The summed E-state index contributed by atoms with van der Waals surface area (Å²) in [6, 6.07) is 10.1. The normalized spacial score (nSPS) is 10.6. The molecule has 1 N–H and O–H groups in total. The Hall–Kier alpha value is -2.66. The van der Waals surface area contributed by atoms with Crippen molar-refractivity contribution in [3.63, 3.8) is 0 Å². The van der Waals surface area contributed by atoms with Crippen LogP contribution in [0.15, 0.2) is 58.0 Å². The summed E-state index contributed by atoms with van der Waals surface area (Å²) < 4.78 is 5.14. The molecule has 3 aromatic rings. The number of rotatable bonds is 3. The first kappa shape index (κ1) is 14.3. The molecule has 2 heterocycles. The number of amides is 1. The number of carbonyl (C=O) groups excluding carboxylic acids is 1. The van der Waals surface area contributed by atoms with Crippen LogP contribution in [-0.2, 0) is 6.54 Å². The highest BCUT2D eigenvalue weighted by atomic mass is 35.5. The average molecular weight is 315 g/mol. The molecule has 0 bridgehead atoms. The van der Waals surface area contributed by atoms with E-state index >= 15 is 0 Å². The first-order valence-corrected chi connectivity index (χ1v) is 6.92. The van der Waals surface area contributed by atoms with E-state index in [-0.39, 0.29) is 11.1 Å². The third-order valence-corrected chi connectivity index (χ3v) is 3.46. The first-order chi connectivity index (χ1) is 10.6. The number of para-hydroxylation sites is 1. The Bertz CT molecular complexity index is 891. The van der Waals surface area contributed by atoms with Crippen molar-refractivity contribution >= 4 is 28.5 Å². The number of fused-ring (bicyclic) bond motifs is 1. The van der Waals surface area contributed by atoms with Crippen LogP contribution < -0.4 is 10.9 Å². The Balaban J connectivity index is 1.88. The molecule has 0 aliphatic heterocycles. The lowest BCUT2D eigenvalue weighted by molar-refractivity contribution is 0.0947. The standard InChI is InChI=1S/C16H11ClN2O3/c17-13-3-1-2-11-8-12(16(21)22-14(11)13)15(20)19-9-10-4-6-18-7-5-10/h1-8H,9H2,(H,19,20). The monoisotopic (exact) mass is 314 g/mol. The Morgan fingerprint density at radius 2 is 2.00 bits per heavy atom. The Labute approximate surface area is 130 Å². The van der Waals surface area contributed by atoms with Crippen molar-refractivity contribution in [3.05, 3.63) is 75.4 Å². The molecule has 1 aromatic carbocycles. The number of carbonyl (C=O) groups is 1. The van der Waals surface area contributed by atoms with Gasteiger partial charge in [0.25, 0.3) is 5.91 Å². The number of halogens is 1. The maximum absolute atomic E-state index is 12.1. The van der Waals surface area contributed by atoms with Crippen molar-refractivity contribution in [1.82, 2.24) is 10.3 Å². The van der Waals surface area contributed by atoms with Crippen molar-refractivity contribution in [1.29, 1.82) is 0 Å². The van der Waals surface area contributed by atoms with Gasteiger partial charge in [-0.05, 0) is 29.8 Å². The lowest BCUT2D eigenvalue weighted by atomic mass is 10.1. The zero-order valence-electron chi connectivity index (χ0n) is 11.4. The Kier molecular flexibility index (Phi) is 3.89. The number of nitrogens with zero attached hydrogens (tertiary/aromatic N) is 1. The van der Waals surface area contributed by atoms with Gasteiger partial charge in [-0.2, -0.15) is 0 Å². The minimum Gasteiger partial charge on any atom is -0.421 e. The van der Waals surface area contributed by atoms with Gasteiger partial charge in [0.2, 0.25) is 0 Å². The number of hydrogen-bond donors (Lipinski definition) is 1. The summed E-state index contributed by atoms with van der Waals surface area (Å²) in [4.78, 5) is 28.0. The minimum atomic E-state index is -0.715. The van der Waals surface area contributed by atoms with Gasteiger partial charge in [0.05, 0.1) is 5.02 Å². The van der Waals surface area contributed by atoms with E-state index in [0.29, 0.717) is 17.0 Å². The van der Waals surface area contributed by atoms with Gasteiger partial charge in [0.15, 0.2) is 5.58 Å². The van der Waals surface area contributed by atoms with E-state index in [0.717, 1.165) is 5.56 Å². The molecule has 6 heteroatoms. The molecule has 2 aromatic heterocycles. The molecule has 0 saturated heterocycles. The smallest absolute Gasteiger partial charge is 0.349 e. The molecule has 0 radical (unpaired) electrons. The van der Waals surface area contributed by atoms with Gasteiger partial charge in [-0.15, -0.1) is 0 Å². The van der Waals surface area contributed by atoms with Gasteiger partial charge in [-0.25, -0.2) is 4.79 Å². The van der Waals surface area contributed by atoms with Crippen LogP contribution in [0.25, 0.3) is 11.0 Å². The second kappa shape index (κ2) is 5.99. The molecule has 0 saturated carbocycles. The fourth-order valence-electron chi connectivity index (χ4n) is 2.05. The molecule has 1 amide bonds. The van der Waals surface area contributed by atoms with Crippen molar-refractivity contribution < 1.29 is 9.21 Å². The number of aromatic nitrogens is 1. The molecule has 22 heavy (non-hydrogen) atoms. The Morgan fingerprint density at radius 1 is 1.23 bits per heavy atom. The molecule has 110 valence electrons. The second-order valence-electron chi connectivity index (χ2n) is 4.64. The van der Waals surface area contributed by atoms with Crippen LogP contribution in [0.1, 0.15) is 15.9 Å².